The summed E-state index contributed by atoms with van der Waals surface area (Å²) in [5, 5.41) is 8.06. The zero-order valence-electron chi connectivity index (χ0n) is 9.95. The van der Waals surface area contributed by atoms with Gasteiger partial charge < -0.3 is 11.1 Å². The number of sulfonamides is 1. The van der Waals surface area contributed by atoms with Crippen LogP contribution in [0, 0.1) is 0 Å². The Morgan fingerprint density at radius 3 is 2.42 bits per heavy atom. The maximum absolute atomic E-state index is 11.1. The Kier molecular flexibility index (Phi) is 3.63. The second-order valence-corrected chi connectivity index (χ2v) is 5.43. The van der Waals surface area contributed by atoms with Crippen LogP contribution < -0.4 is 16.2 Å². The lowest BCUT2D eigenvalue weighted by Crippen LogP contribution is -2.12. The number of benzene rings is 1. The molecule has 0 aliphatic carbocycles. The van der Waals surface area contributed by atoms with Crippen LogP contribution in [0.3, 0.4) is 0 Å². The maximum Gasteiger partial charge on any atom is 0.238 e. The minimum Gasteiger partial charge on any atom is -0.384 e. The normalized spacial score (nSPS) is 11.2. The molecule has 1 heterocycles. The average molecular weight is 279 g/mol. The van der Waals surface area contributed by atoms with Gasteiger partial charge in [0.05, 0.1) is 4.90 Å². The molecule has 0 unspecified atom stereocenters. The Bertz CT molecular complexity index is 670. The molecule has 0 spiro atoms. The summed E-state index contributed by atoms with van der Waals surface area (Å²) in [6, 6.07) is 7.88. The van der Waals surface area contributed by atoms with Crippen LogP contribution in [0.4, 0.5) is 11.6 Å². The molecular weight excluding hydrogens is 266 g/mol. The quantitative estimate of drug-likeness (QED) is 0.740. The fraction of sp³-hybridized carbons (Fsp3) is 0.0909. The molecule has 0 fully saturated rings. The number of nitrogens with one attached hydrogen (secondary N) is 1. The summed E-state index contributed by atoms with van der Waals surface area (Å²) >= 11 is 0. The highest BCUT2D eigenvalue weighted by Crippen LogP contribution is 2.11. The summed E-state index contributed by atoms with van der Waals surface area (Å²) < 4.78 is 22.2. The van der Waals surface area contributed by atoms with E-state index in [1.165, 1.54) is 18.5 Å². The molecule has 0 amide bonds. The van der Waals surface area contributed by atoms with Crippen molar-refractivity contribution in [2.45, 2.75) is 11.4 Å². The lowest BCUT2D eigenvalue weighted by molar-refractivity contribution is 0.598. The smallest absolute Gasteiger partial charge is 0.238 e. The van der Waals surface area contributed by atoms with Crippen molar-refractivity contribution in [2.24, 2.45) is 5.14 Å². The number of hydrogen-bond acceptors (Lipinski definition) is 6. The first kappa shape index (κ1) is 13.2. The topological polar surface area (TPSA) is 124 Å². The third-order valence-electron chi connectivity index (χ3n) is 2.41. The molecule has 0 aliphatic rings. The lowest BCUT2D eigenvalue weighted by atomic mass is 10.2. The van der Waals surface area contributed by atoms with Crippen molar-refractivity contribution in [3.63, 3.8) is 0 Å². The standard InChI is InChI=1S/C11H13N5O2S/c12-10-5-11(16-7-15-10)14-6-8-1-3-9(4-2-8)19(13,17)18/h1-5,7H,6H2,(H2,13,17,18)(H3,12,14,15,16). The summed E-state index contributed by atoms with van der Waals surface area (Å²) in [6.07, 6.45) is 1.36. The lowest BCUT2D eigenvalue weighted by Gasteiger charge is -2.06. The molecule has 0 saturated carbocycles. The van der Waals surface area contributed by atoms with E-state index in [0.29, 0.717) is 18.2 Å². The molecule has 1 aromatic heterocycles. The summed E-state index contributed by atoms with van der Waals surface area (Å²) in [7, 11) is -3.65. The summed E-state index contributed by atoms with van der Waals surface area (Å²) in [5.74, 6) is 0.977. The van der Waals surface area contributed by atoms with Gasteiger partial charge in [0.15, 0.2) is 0 Å². The van der Waals surface area contributed by atoms with E-state index in [2.05, 4.69) is 15.3 Å². The van der Waals surface area contributed by atoms with Crippen molar-refractivity contribution < 1.29 is 8.42 Å². The first-order valence-electron chi connectivity index (χ1n) is 5.38. The summed E-state index contributed by atoms with van der Waals surface area (Å²) in [5.41, 5.74) is 6.42. The van der Waals surface area contributed by atoms with Gasteiger partial charge >= 0.3 is 0 Å². The Labute approximate surface area is 110 Å². The average Bonchev–Trinajstić information content (AvgIpc) is 2.36. The Morgan fingerprint density at radius 2 is 1.84 bits per heavy atom. The number of rotatable bonds is 4. The first-order chi connectivity index (χ1) is 8.95. The van der Waals surface area contributed by atoms with E-state index in [9.17, 15) is 8.42 Å². The highest BCUT2D eigenvalue weighted by atomic mass is 32.2. The summed E-state index contributed by atoms with van der Waals surface area (Å²) in [4.78, 5) is 7.86. The van der Waals surface area contributed by atoms with Crippen molar-refractivity contribution in [1.29, 1.82) is 0 Å². The molecule has 100 valence electrons. The third-order valence-corrected chi connectivity index (χ3v) is 3.34. The third kappa shape index (κ3) is 3.63. The zero-order valence-corrected chi connectivity index (χ0v) is 10.8. The van der Waals surface area contributed by atoms with E-state index in [1.807, 2.05) is 0 Å². The maximum atomic E-state index is 11.1. The monoisotopic (exact) mass is 279 g/mol. The van der Waals surface area contributed by atoms with E-state index in [0.717, 1.165) is 5.56 Å². The highest BCUT2D eigenvalue weighted by molar-refractivity contribution is 7.89. The molecule has 0 saturated heterocycles. The number of aromatic nitrogens is 2. The largest absolute Gasteiger partial charge is 0.384 e. The number of hydrogen-bond donors (Lipinski definition) is 3. The van der Waals surface area contributed by atoms with Crippen molar-refractivity contribution >= 4 is 21.7 Å². The molecule has 2 rings (SSSR count). The Morgan fingerprint density at radius 1 is 1.16 bits per heavy atom. The van der Waals surface area contributed by atoms with Crippen molar-refractivity contribution in [3.05, 3.63) is 42.2 Å². The predicted octanol–water partition coefficient (Wildman–Crippen LogP) is 0.318. The number of nitrogen functional groups attached to an aromatic ring is 1. The van der Waals surface area contributed by atoms with Crippen molar-refractivity contribution in [2.75, 3.05) is 11.1 Å². The molecule has 8 heteroatoms. The van der Waals surface area contributed by atoms with Crippen LogP contribution in [-0.2, 0) is 16.6 Å². The van der Waals surface area contributed by atoms with E-state index in [1.54, 1.807) is 18.2 Å². The molecule has 7 nitrogen and oxygen atoms in total. The molecule has 0 atom stereocenters. The van der Waals surface area contributed by atoms with Crippen LogP contribution in [0.15, 0.2) is 41.6 Å². The van der Waals surface area contributed by atoms with E-state index in [-0.39, 0.29) is 4.90 Å². The number of primary sulfonamides is 1. The van der Waals surface area contributed by atoms with E-state index >= 15 is 0 Å². The first-order valence-corrected chi connectivity index (χ1v) is 6.93. The van der Waals surface area contributed by atoms with Crippen LogP contribution in [0.2, 0.25) is 0 Å². The van der Waals surface area contributed by atoms with Gasteiger partial charge in [0, 0.05) is 12.6 Å². The van der Waals surface area contributed by atoms with Gasteiger partial charge in [-0.15, -0.1) is 0 Å². The van der Waals surface area contributed by atoms with Crippen LogP contribution in [0.1, 0.15) is 5.56 Å². The molecular formula is C11H13N5O2S. The minimum absolute atomic E-state index is 0.0857. The molecule has 0 aliphatic heterocycles. The van der Waals surface area contributed by atoms with Crippen LogP contribution in [-0.4, -0.2) is 18.4 Å². The minimum atomic E-state index is -3.65. The molecule has 2 aromatic rings. The zero-order chi connectivity index (χ0) is 13.9. The molecule has 5 N–H and O–H groups in total. The number of nitrogens with zero attached hydrogens (tertiary/aromatic N) is 2. The fourth-order valence-corrected chi connectivity index (χ4v) is 1.97. The van der Waals surface area contributed by atoms with Gasteiger partial charge in [0.2, 0.25) is 10.0 Å². The van der Waals surface area contributed by atoms with Gasteiger partial charge in [0.25, 0.3) is 0 Å². The van der Waals surface area contributed by atoms with Crippen LogP contribution >= 0.6 is 0 Å². The molecule has 1 aromatic carbocycles. The van der Waals surface area contributed by atoms with Gasteiger partial charge in [-0.25, -0.2) is 23.5 Å². The van der Waals surface area contributed by atoms with Crippen molar-refractivity contribution in [3.8, 4) is 0 Å². The second-order valence-electron chi connectivity index (χ2n) is 3.87. The highest BCUT2D eigenvalue weighted by Gasteiger charge is 2.06. The van der Waals surface area contributed by atoms with E-state index in [4.69, 9.17) is 10.9 Å². The van der Waals surface area contributed by atoms with Gasteiger partial charge in [-0.3, -0.25) is 0 Å². The molecule has 19 heavy (non-hydrogen) atoms. The second kappa shape index (κ2) is 5.21. The molecule has 0 radical (unpaired) electrons. The number of nitrogens with two attached hydrogens (primary N) is 2. The van der Waals surface area contributed by atoms with Gasteiger partial charge in [0.1, 0.15) is 18.0 Å². The van der Waals surface area contributed by atoms with Crippen molar-refractivity contribution in [1.82, 2.24) is 9.97 Å². The van der Waals surface area contributed by atoms with Gasteiger partial charge in [-0.1, -0.05) is 12.1 Å². The van der Waals surface area contributed by atoms with Crippen LogP contribution in [0.25, 0.3) is 0 Å². The Hall–Kier alpha value is -2.19. The van der Waals surface area contributed by atoms with Crippen LogP contribution in [0.5, 0.6) is 0 Å². The summed E-state index contributed by atoms with van der Waals surface area (Å²) in [6.45, 7) is 0.487. The molecule has 0 bridgehead atoms. The number of anilines is 2. The SMILES string of the molecule is Nc1cc(NCc2ccc(S(N)(=O)=O)cc2)ncn1. The fourth-order valence-electron chi connectivity index (χ4n) is 1.46. The predicted molar refractivity (Wildman–Crippen MR) is 71.6 cm³/mol. The Balaban J connectivity index is 2.05. The van der Waals surface area contributed by atoms with Gasteiger partial charge in [-0.05, 0) is 17.7 Å². The van der Waals surface area contributed by atoms with E-state index < -0.39 is 10.0 Å². The van der Waals surface area contributed by atoms with Gasteiger partial charge in [-0.2, -0.15) is 0 Å².